The molecular weight excluding hydrogens is 1440 g/mol. The second-order valence-corrected chi connectivity index (χ2v) is 25.0. The van der Waals surface area contributed by atoms with Gasteiger partial charge in [-0.2, -0.15) is 15.3 Å². The summed E-state index contributed by atoms with van der Waals surface area (Å²) in [5.74, 6) is 15.9. The molecule has 0 atom stereocenters. The van der Waals surface area contributed by atoms with Gasteiger partial charge in [-0.3, -0.25) is 38.6 Å². The predicted octanol–water partition coefficient (Wildman–Crippen LogP) is 12.7. The Balaban J connectivity index is 0.000000157. The molecule has 572 valence electrons. The first kappa shape index (κ1) is 77.9. The van der Waals surface area contributed by atoms with Crippen molar-refractivity contribution in [1.29, 1.82) is 0 Å². The highest BCUT2D eigenvalue weighted by Crippen LogP contribution is 2.38. The Morgan fingerprint density at radius 1 is 0.425 bits per heavy atom. The second-order valence-electron chi connectivity index (χ2n) is 25.0. The summed E-state index contributed by atoms with van der Waals surface area (Å²) in [4.78, 5) is 72.8. The molecular formula is C84H81N19O10. The molecule has 1 amide bonds. The van der Waals surface area contributed by atoms with E-state index in [9.17, 15) is 9.59 Å². The molecule has 0 saturated carbocycles. The highest BCUT2D eigenvalue weighted by Gasteiger charge is 2.21. The van der Waals surface area contributed by atoms with Crippen LogP contribution in [0.15, 0.2) is 202 Å². The van der Waals surface area contributed by atoms with Gasteiger partial charge in [0, 0.05) is 185 Å². The van der Waals surface area contributed by atoms with Crippen molar-refractivity contribution >= 4 is 84.8 Å². The summed E-state index contributed by atoms with van der Waals surface area (Å²) in [6.45, 7) is 1.04. The number of carbonyl (C=O) groups excluding carboxylic acids is 2. The lowest BCUT2D eigenvalue weighted by Crippen LogP contribution is -2.29. The monoisotopic (exact) mass is 1520 g/mol. The number of methoxy groups -OCH3 is 7. The summed E-state index contributed by atoms with van der Waals surface area (Å²) >= 11 is 0. The molecule has 29 nitrogen and oxygen atoms in total. The van der Waals surface area contributed by atoms with E-state index in [2.05, 4.69) is 74.1 Å². The Morgan fingerprint density at radius 3 is 1.16 bits per heavy atom. The molecule has 14 rings (SSSR count). The normalized spacial score (nSPS) is 10.6. The number of anilines is 7. The van der Waals surface area contributed by atoms with Crippen LogP contribution in [0, 0.1) is 23.7 Å². The van der Waals surface area contributed by atoms with Gasteiger partial charge in [0.1, 0.15) is 45.9 Å². The molecule has 0 radical (unpaired) electrons. The van der Waals surface area contributed by atoms with Gasteiger partial charge in [0.05, 0.1) is 169 Å². The van der Waals surface area contributed by atoms with Crippen LogP contribution in [0.3, 0.4) is 0 Å². The van der Waals surface area contributed by atoms with E-state index < -0.39 is 5.97 Å². The molecule has 0 fully saturated rings. The highest BCUT2D eigenvalue weighted by molar-refractivity contribution is 5.92. The molecule has 0 aliphatic heterocycles. The predicted molar refractivity (Wildman–Crippen MR) is 432 cm³/mol. The Morgan fingerprint density at radius 2 is 0.796 bits per heavy atom. The smallest absolute Gasteiger partial charge is 0.340 e. The molecule has 0 unspecified atom stereocenters. The van der Waals surface area contributed by atoms with Crippen molar-refractivity contribution in [3.05, 3.63) is 219 Å². The van der Waals surface area contributed by atoms with Crippen molar-refractivity contribution in [2.45, 2.75) is 6.42 Å². The van der Waals surface area contributed by atoms with Gasteiger partial charge in [-0.05, 0) is 90.7 Å². The van der Waals surface area contributed by atoms with Crippen LogP contribution < -0.4 is 48.4 Å². The summed E-state index contributed by atoms with van der Waals surface area (Å²) in [7, 11) is 21.5. The van der Waals surface area contributed by atoms with E-state index >= 15 is 0 Å². The van der Waals surface area contributed by atoms with E-state index in [0.717, 1.165) is 101 Å². The van der Waals surface area contributed by atoms with Crippen LogP contribution in [0.1, 0.15) is 28.2 Å². The average molecular weight is 1520 g/mol. The third kappa shape index (κ3) is 19.1. The SMILES string of the molecule is CNc1cccnc1C#CCN(c1cc(OC)cc(OC)c1)c1ccc2ncc(-c3cnn(C)c3)nc2c1.COC(=O)c1cccnc1C#CCN(c1cc(OC)cc(OC)c1)c1ccc2ncc(-c3cnn(C)c3)nc2c1.COc1cc(OC)cc(N(CCC(=O)N(C)OC)c2ccc3ncc(-c4cnn(C)c4)nc3c2)c1. The van der Waals surface area contributed by atoms with Crippen molar-refractivity contribution in [1.82, 2.24) is 74.3 Å². The minimum atomic E-state index is -0.496. The first-order chi connectivity index (χ1) is 55.0. The van der Waals surface area contributed by atoms with Crippen LogP contribution in [0.25, 0.3) is 66.9 Å². The van der Waals surface area contributed by atoms with E-state index in [1.165, 1.54) is 19.3 Å². The molecule has 8 heterocycles. The fraction of sp³-hybridized carbons (Fsp3) is 0.202. The summed E-state index contributed by atoms with van der Waals surface area (Å²) in [5, 5.41) is 17.1. The summed E-state index contributed by atoms with van der Waals surface area (Å²) in [6.07, 6.45) is 19.8. The molecule has 29 heteroatoms. The maximum absolute atomic E-state index is 12.5. The van der Waals surface area contributed by atoms with Gasteiger partial charge in [-0.1, -0.05) is 11.8 Å². The Kier molecular flexibility index (Phi) is 25.1. The lowest BCUT2D eigenvalue weighted by Gasteiger charge is -2.26. The van der Waals surface area contributed by atoms with Crippen LogP contribution in [0.2, 0.25) is 0 Å². The fourth-order valence-electron chi connectivity index (χ4n) is 11.9. The standard InChI is InChI=1S/C30H26N6O4.C29H27N7O2.C25H28N6O4/c1-35-19-20(17-33-35)29-18-32-27-10-9-21(15-28(27)34-29)36(22-13-23(38-2)16-24(14-22)39-3)12-6-8-26-25(30(37)40-4)7-5-11-31-26;1-30-25-7-5-11-31-26(25)8-6-12-36(22-13-23(37-3)16-24(14-22)38-4)21-9-10-27-28(15-21)34-29(18-32-27)20-17-33-35(2)19-20;1-29-16-17(14-27-29)24-15-26-22-7-6-18(12-23(22)28-24)31(9-8-25(32)30(2)35-5)19-10-20(33-3)13-21(11-19)34-4/h5,7,9-11,13-19H,12H2,1-4H3;5,7,9-11,13-19,30H,12H2,1-4H3;6-7,10-16H,8-9H2,1-5H3. The first-order valence-electron chi connectivity index (χ1n) is 35.2. The zero-order chi connectivity index (χ0) is 79.5. The van der Waals surface area contributed by atoms with E-state index in [1.54, 1.807) is 138 Å². The number of hydroxylamine groups is 2. The number of pyridine rings is 2. The minimum Gasteiger partial charge on any atom is -0.497 e. The van der Waals surface area contributed by atoms with Crippen molar-refractivity contribution < 1.29 is 47.6 Å². The number of aryl methyl sites for hydroxylation is 3. The molecule has 113 heavy (non-hydrogen) atoms. The maximum atomic E-state index is 12.5. The number of ether oxygens (including phenoxy) is 7. The lowest BCUT2D eigenvalue weighted by molar-refractivity contribution is -0.168. The molecule has 14 aromatic rings. The first-order valence-corrected chi connectivity index (χ1v) is 35.2. The Labute approximate surface area is 652 Å². The van der Waals surface area contributed by atoms with E-state index in [1.807, 2.05) is 166 Å². The third-order valence-corrected chi connectivity index (χ3v) is 17.8. The second kappa shape index (κ2) is 36.5. The van der Waals surface area contributed by atoms with Crippen LogP contribution in [0.5, 0.6) is 34.5 Å². The van der Waals surface area contributed by atoms with Crippen molar-refractivity contribution in [3.8, 4) is 92.0 Å². The van der Waals surface area contributed by atoms with Gasteiger partial charge < -0.3 is 53.2 Å². The molecule has 6 aromatic carbocycles. The Hall–Kier alpha value is -14.7. The van der Waals surface area contributed by atoms with Gasteiger partial charge in [0.25, 0.3) is 0 Å². The largest absolute Gasteiger partial charge is 0.497 e. The number of amides is 1. The topological polar surface area (TPSA) is 290 Å². The molecule has 0 bridgehead atoms. The van der Waals surface area contributed by atoms with E-state index in [-0.39, 0.29) is 18.9 Å². The molecule has 0 spiro atoms. The van der Waals surface area contributed by atoms with Crippen molar-refractivity contribution in [2.75, 3.05) is 111 Å². The molecule has 8 aromatic heterocycles. The average Bonchev–Trinajstić information content (AvgIpc) is 1.30. The highest BCUT2D eigenvalue weighted by atomic mass is 16.7. The number of nitrogens with one attached hydrogen (secondary N) is 1. The van der Waals surface area contributed by atoms with Crippen LogP contribution >= 0.6 is 0 Å². The number of benzene rings is 6. The van der Waals surface area contributed by atoms with Crippen LogP contribution in [0.4, 0.5) is 39.8 Å². The van der Waals surface area contributed by atoms with Crippen molar-refractivity contribution in [3.63, 3.8) is 0 Å². The van der Waals surface area contributed by atoms with Gasteiger partial charge >= 0.3 is 5.97 Å². The Bertz CT molecular complexity index is 5800. The van der Waals surface area contributed by atoms with Crippen LogP contribution in [-0.4, -0.2) is 177 Å². The van der Waals surface area contributed by atoms with Gasteiger partial charge in [-0.25, -0.2) is 34.8 Å². The minimum absolute atomic E-state index is 0.146. The van der Waals surface area contributed by atoms with Gasteiger partial charge in [0.15, 0.2) is 0 Å². The summed E-state index contributed by atoms with van der Waals surface area (Å²) < 4.78 is 43.1. The fourth-order valence-corrected chi connectivity index (χ4v) is 11.9. The number of nitrogens with zero attached hydrogens (tertiary/aromatic N) is 18. The number of hydrogen-bond donors (Lipinski definition) is 1. The maximum Gasteiger partial charge on any atom is 0.340 e. The molecule has 1 N–H and O–H groups in total. The zero-order valence-corrected chi connectivity index (χ0v) is 64.5. The van der Waals surface area contributed by atoms with Gasteiger partial charge in [-0.15, -0.1) is 0 Å². The zero-order valence-electron chi connectivity index (χ0n) is 64.5. The van der Waals surface area contributed by atoms with Gasteiger partial charge in [0.2, 0.25) is 5.91 Å². The van der Waals surface area contributed by atoms with E-state index in [0.29, 0.717) is 70.1 Å². The number of carbonyl (C=O) groups is 2. The number of rotatable bonds is 23. The number of esters is 1. The number of aromatic nitrogens is 14. The van der Waals surface area contributed by atoms with Crippen LogP contribution in [-0.2, 0) is 35.5 Å². The van der Waals surface area contributed by atoms with Crippen molar-refractivity contribution in [2.24, 2.45) is 21.1 Å². The summed E-state index contributed by atoms with van der Waals surface area (Å²) in [5.41, 5.74) is 16.6. The number of fused-ring (bicyclic) bond motifs is 3. The van der Waals surface area contributed by atoms with E-state index in [4.69, 9.17) is 52.9 Å². The lowest BCUT2D eigenvalue weighted by atomic mass is 10.1. The summed E-state index contributed by atoms with van der Waals surface area (Å²) in [6, 6.07) is 41.7. The molecule has 0 saturated heterocycles. The third-order valence-electron chi connectivity index (χ3n) is 17.8. The quantitative estimate of drug-likeness (QED) is 0.0353. The number of hydrogen-bond acceptors (Lipinski definition) is 25. The molecule has 0 aliphatic carbocycles. The molecule has 0 aliphatic rings.